The first-order chi connectivity index (χ1) is 14.3. The lowest BCUT2D eigenvalue weighted by atomic mass is 10.2. The molecule has 158 valence electrons. The van der Waals surface area contributed by atoms with Gasteiger partial charge in [0.05, 0.1) is 19.9 Å². The predicted molar refractivity (Wildman–Crippen MR) is 114 cm³/mol. The van der Waals surface area contributed by atoms with Gasteiger partial charge in [0, 0.05) is 30.9 Å². The van der Waals surface area contributed by atoms with Crippen molar-refractivity contribution >= 4 is 38.6 Å². The van der Waals surface area contributed by atoms with Gasteiger partial charge in [0.25, 0.3) is 15.9 Å². The molecular weight excluding hydrogens is 431 g/mol. The number of nitrogens with zero attached hydrogens (tertiary/aromatic N) is 1. The van der Waals surface area contributed by atoms with Crippen LogP contribution in [-0.4, -0.2) is 35.6 Å². The summed E-state index contributed by atoms with van der Waals surface area (Å²) in [6, 6.07) is 11.2. The van der Waals surface area contributed by atoms with E-state index in [1.165, 1.54) is 57.0 Å². The van der Waals surface area contributed by atoms with Gasteiger partial charge in [-0.05, 0) is 35.7 Å². The first-order valence-corrected chi connectivity index (χ1v) is 10.9. The molecule has 0 aliphatic rings. The molecule has 3 rings (SSSR count). The minimum Gasteiger partial charge on any atom is -0.497 e. The van der Waals surface area contributed by atoms with Crippen LogP contribution in [0.4, 0.5) is 15.8 Å². The molecule has 1 aromatic heterocycles. The molecule has 0 radical (unpaired) electrons. The molecule has 3 aromatic rings. The second-order valence-electron chi connectivity index (χ2n) is 6.12. The van der Waals surface area contributed by atoms with Crippen molar-refractivity contribution in [1.82, 2.24) is 0 Å². The summed E-state index contributed by atoms with van der Waals surface area (Å²) in [6.45, 7) is 0. The second-order valence-corrected chi connectivity index (χ2v) is 8.97. The molecule has 0 aliphatic carbocycles. The average molecular weight is 451 g/mol. The van der Waals surface area contributed by atoms with Gasteiger partial charge in [-0.2, -0.15) is 0 Å². The van der Waals surface area contributed by atoms with E-state index in [0.29, 0.717) is 17.2 Å². The van der Waals surface area contributed by atoms with Crippen molar-refractivity contribution in [3.05, 3.63) is 64.6 Å². The number of carbonyl (C=O) groups excluding carboxylic acids is 1. The van der Waals surface area contributed by atoms with Gasteiger partial charge in [-0.1, -0.05) is 0 Å². The third kappa shape index (κ3) is 4.39. The fraction of sp³-hybridized carbons (Fsp3) is 0.150. The molecule has 1 heterocycles. The Balaban J connectivity index is 1.90. The lowest BCUT2D eigenvalue weighted by Crippen LogP contribution is -2.28. The Labute approximate surface area is 177 Å². The van der Waals surface area contributed by atoms with Crippen LogP contribution in [0.15, 0.2) is 58.8 Å². The van der Waals surface area contributed by atoms with Gasteiger partial charge in [-0.25, -0.2) is 12.8 Å². The number of methoxy groups -OCH3 is 2. The Morgan fingerprint density at radius 2 is 1.63 bits per heavy atom. The van der Waals surface area contributed by atoms with Crippen molar-refractivity contribution in [2.24, 2.45) is 0 Å². The summed E-state index contributed by atoms with van der Waals surface area (Å²) in [4.78, 5) is 12.7. The molecule has 0 fully saturated rings. The molecule has 10 heteroatoms. The van der Waals surface area contributed by atoms with Gasteiger partial charge in [-0.15, -0.1) is 11.3 Å². The fourth-order valence-corrected chi connectivity index (χ4v) is 5.16. The number of carbonyl (C=O) groups is 1. The van der Waals surface area contributed by atoms with Crippen LogP contribution < -0.4 is 19.1 Å². The zero-order chi connectivity index (χ0) is 21.9. The minimum atomic E-state index is -4.04. The Kier molecular flexibility index (Phi) is 6.28. The number of anilines is 2. The number of hydrogen-bond acceptors (Lipinski definition) is 6. The largest absolute Gasteiger partial charge is 0.497 e. The first-order valence-electron chi connectivity index (χ1n) is 8.62. The number of amides is 1. The van der Waals surface area contributed by atoms with Crippen molar-refractivity contribution < 1.29 is 27.1 Å². The Bertz CT molecular complexity index is 1140. The zero-order valence-electron chi connectivity index (χ0n) is 16.4. The number of rotatable bonds is 7. The maximum absolute atomic E-state index is 13.2. The van der Waals surface area contributed by atoms with E-state index in [2.05, 4.69) is 5.32 Å². The maximum Gasteiger partial charge on any atom is 0.267 e. The van der Waals surface area contributed by atoms with Crippen LogP contribution in [0.1, 0.15) is 9.67 Å². The minimum absolute atomic E-state index is 0.0192. The summed E-state index contributed by atoms with van der Waals surface area (Å²) < 4.78 is 50.7. The lowest BCUT2D eigenvalue weighted by Gasteiger charge is -2.19. The highest BCUT2D eigenvalue weighted by Gasteiger charge is 2.28. The van der Waals surface area contributed by atoms with Crippen LogP contribution >= 0.6 is 11.3 Å². The molecule has 30 heavy (non-hydrogen) atoms. The molecule has 0 aliphatic heterocycles. The SMILES string of the molecule is COc1cc(NC(=O)c2sccc2S(=O)(=O)N(C)c2ccc(F)cc2)cc(OC)c1. The summed E-state index contributed by atoms with van der Waals surface area (Å²) in [6.07, 6.45) is 0. The monoisotopic (exact) mass is 450 g/mol. The number of halogens is 1. The first kappa shape index (κ1) is 21.6. The molecule has 0 bridgehead atoms. The van der Waals surface area contributed by atoms with Crippen molar-refractivity contribution in [3.63, 3.8) is 0 Å². The third-order valence-corrected chi connectivity index (χ3v) is 7.14. The molecule has 0 unspecified atom stereocenters. The van der Waals surface area contributed by atoms with E-state index in [1.807, 2.05) is 0 Å². The van der Waals surface area contributed by atoms with Crippen LogP contribution in [0, 0.1) is 5.82 Å². The Morgan fingerprint density at radius 3 is 2.20 bits per heavy atom. The second kappa shape index (κ2) is 8.72. The summed E-state index contributed by atoms with van der Waals surface area (Å²) in [5.41, 5.74) is 0.659. The average Bonchev–Trinajstić information content (AvgIpc) is 3.24. The van der Waals surface area contributed by atoms with E-state index >= 15 is 0 Å². The summed E-state index contributed by atoms with van der Waals surface area (Å²) >= 11 is 0.998. The predicted octanol–water partition coefficient (Wildman–Crippen LogP) is 3.98. The Morgan fingerprint density at radius 1 is 1.03 bits per heavy atom. The van der Waals surface area contributed by atoms with Gasteiger partial charge >= 0.3 is 0 Å². The van der Waals surface area contributed by atoms with E-state index in [4.69, 9.17) is 9.47 Å². The van der Waals surface area contributed by atoms with Crippen LogP contribution in [0.5, 0.6) is 11.5 Å². The van der Waals surface area contributed by atoms with Gasteiger partial charge in [0.1, 0.15) is 27.1 Å². The molecule has 0 spiro atoms. The van der Waals surface area contributed by atoms with Gasteiger partial charge < -0.3 is 14.8 Å². The fourth-order valence-electron chi connectivity index (χ4n) is 2.67. The molecule has 0 saturated heterocycles. The third-order valence-electron chi connectivity index (χ3n) is 4.27. The highest BCUT2D eigenvalue weighted by Crippen LogP contribution is 2.30. The Hall–Kier alpha value is -3.11. The molecule has 0 atom stereocenters. The molecule has 1 amide bonds. The van der Waals surface area contributed by atoms with Crippen molar-refractivity contribution in [3.8, 4) is 11.5 Å². The lowest BCUT2D eigenvalue weighted by molar-refractivity contribution is 0.102. The summed E-state index contributed by atoms with van der Waals surface area (Å²) in [5, 5.41) is 4.19. The number of hydrogen-bond donors (Lipinski definition) is 1. The molecule has 2 aromatic carbocycles. The van der Waals surface area contributed by atoms with Crippen LogP contribution in [-0.2, 0) is 10.0 Å². The van der Waals surface area contributed by atoms with Crippen LogP contribution in [0.2, 0.25) is 0 Å². The van der Waals surface area contributed by atoms with Gasteiger partial charge in [0.2, 0.25) is 0 Å². The zero-order valence-corrected chi connectivity index (χ0v) is 18.0. The number of benzene rings is 2. The van der Waals surface area contributed by atoms with E-state index in [-0.39, 0.29) is 15.5 Å². The number of sulfonamides is 1. The van der Waals surface area contributed by atoms with Crippen molar-refractivity contribution in [2.45, 2.75) is 4.90 Å². The highest BCUT2D eigenvalue weighted by molar-refractivity contribution is 7.93. The summed E-state index contributed by atoms with van der Waals surface area (Å²) in [7, 11) is 0.262. The molecule has 1 N–H and O–H groups in total. The van der Waals surface area contributed by atoms with E-state index in [9.17, 15) is 17.6 Å². The van der Waals surface area contributed by atoms with Crippen molar-refractivity contribution in [2.75, 3.05) is 30.9 Å². The number of ether oxygens (including phenoxy) is 2. The van der Waals surface area contributed by atoms with Gasteiger partial charge in [0.15, 0.2) is 0 Å². The van der Waals surface area contributed by atoms with Crippen LogP contribution in [0.25, 0.3) is 0 Å². The number of thiophene rings is 1. The van der Waals surface area contributed by atoms with E-state index in [0.717, 1.165) is 15.6 Å². The highest BCUT2D eigenvalue weighted by atomic mass is 32.2. The normalized spacial score (nSPS) is 11.1. The number of nitrogens with one attached hydrogen (secondary N) is 1. The molecule has 7 nitrogen and oxygen atoms in total. The molecular formula is C20H19FN2O5S2. The van der Waals surface area contributed by atoms with E-state index in [1.54, 1.807) is 18.2 Å². The topological polar surface area (TPSA) is 84.9 Å². The smallest absolute Gasteiger partial charge is 0.267 e. The van der Waals surface area contributed by atoms with E-state index < -0.39 is 21.7 Å². The molecule has 0 saturated carbocycles. The van der Waals surface area contributed by atoms with Crippen molar-refractivity contribution in [1.29, 1.82) is 0 Å². The quantitative estimate of drug-likeness (QED) is 0.589. The standard InChI is InChI=1S/C20H19FN2O5S2/c1-23(15-6-4-13(21)5-7-15)30(25,26)18-8-9-29-19(18)20(24)22-14-10-16(27-2)12-17(11-14)28-3/h4-12H,1-3H3,(H,22,24). The maximum atomic E-state index is 13.2. The van der Waals surface area contributed by atoms with Crippen LogP contribution in [0.3, 0.4) is 0 Å². The van der Waals surface area contributed by atoms with Gasteiger partial charge in [-0.3, -0.25) is 9.10 Å². The summed E-state index contributed by atoms with van der Waals surface area (Å²) in [5.74, 6) is -0.125.